The molecule has 7 heteroatoms. The van der Waals surface area contributed by atoms with E-state index in [-0.39, 0.29) is 12.3 Å². The minimum absolute atomic E-state index is 0.119. The van der Waals surface area contributed by atoms with Crippen LogP contribution in [0.1, 0.15) is 12.3 Å². The lowest BCUT2D eigenvalue weighted by Crippen LogP contribution is -2.12. The van der Waals surface area contributed by atoms with Crippen LogP contribution in [0.5, 0.6) is 11.5 Å². The summed E-state index contributed by atoms with van der Waals surface area (Å²) in [6.45, 7) is 0. The highest BCUT2D eigenvalue weighted by Gasteiger charge is 2.11. The number of rotatable bonds is 7. The third-order valence-electron chi connectivity index (χ3n) is 3.93. The van der Waals surface area contributed by atoms with Crippen LogP contribution in [0.4, 0.5) is 5.69 Å². The van der Waals surface area contributed by atoms with Crippen LogP contribution in [-0.2, 0) is 11.2 Å². The van der Waals surface area contributed by atoms with Crippen LogP contribution in [-0.4, -0.2) is 16.0 Å². The highest BCUT2D eigenvalue weighted by Crippen LogP contribution is 2.23. The van der Waals surface area contributed by atoms with E-state index in [0.717, 1.165) is 11.3 Å². The minimum atomic E-state index is -0.119. The highest BCUT2D eigenvalue weighted by molar-refractivity contribution is 7.08. The third kappa shape index (κ3) is 4.63. The van der Waals surface area contributed by atoms with E-state index < -0.39 is 0 Å². The van der Waals surface area contributed by atoms with Gasteiger partial charge >= 0.3 is 0 Å². The Morgan fingerprint density at radius 3 is 2.57 bits per heavy atom. The number of hydrogen-bond donors (Lipinski definition) is 1. The van der Waals surface area contributed by atoms with Crippen molar-refractivity contribution in [3.8, 4) is 22.9 Å². The molecule has 1 N–H and O–H groups in total. The maximum atomic E-state index is 12.2. The average molecular weight is 391 g/mol. The fourth-order valence-corrected chi connectivity index (χ4v) is 3.17. The molecule has 2 heterocycles. The predicted molar refractivity (Wildman–Crippen MR) is 108 cm³/mol. The molecule has 0 spiro atoms. The van der Waals surface area contributed by atoms with Crippen molar-refractivity contribution in [2.45, 2.75) is 12.8 Å². The van der Waals surface area contributed by atoms with Gasteiger partial charge in [-0.1, -0.05) is 23.4 Å². The first-order valence-corrected chi connectivity index (χ1v) is 9.68. The first kappa shape index (κ1) is 17.9. The number of nitrogens with one attached hydrogen (secondary N) is 1. The molecule has 0 bridgehead atoms. The van der Waals surface area contributed by atoms with Crippen molar-refractivity contribution in [2.75, 3.05) is 5.32 Å². The van der Waals surface area contributed by atoms with E-state index in [2.05, 4.69) is 15.5 Å². The van der Waals surface area contributed by atoms with Gasteiger partial charge in [0.05, 0.1) is 0 Å². The van der Waals surface area contributed by atoms with E-state index in [9.17, 15) is 4.79 Å². The van der Waals surface area contributed by atoms with Gasteiger partial charge in [0.2, 0.25) is 17.6 Å². The molecule has 0 aliphatic rings. The van der Waals surface area contributed by atoms with Crippen molar-refractivity contribution in [2.24, 2.45) is 0 Å². The van der Waals surface area contributed by atoms with Gasteiger partial charge in [-0.2, -0.15) is 16.3 Å². The Morgan fingerprint density at radius 2 is 1.82 bits per heavy atom. The zero-order valence-corrected chi connectivity index (χ0v) is 15.7. The molecule has 0 unspecified atom stereocenters. The number of para-hydroxylation sites is 1. The van der Waals surface area contributed by atoms with Gasteiger partial charge in [0.25, 0.3) is 0 Å². The normalized spacial score (nSPS) is 10.6. The van der Waals surface area contributed by atoms with E-state index >= 15 is 0 Å². The van der Waals surface area contributed by atoms with Crippen LogP contribution in [0.15, 0.2) is 75.9 Å². The van der Waals surface area contributed by atoms with Gasteiger partial charge < -0.3 is 14.6 Å². The SMILES string of the molecule is O=C(CCc1nc(-c2ccsc2)no1)Nc1ccc(Oc2ccccc2)cc1. The Morgan fingerprint density at radius 1 is 1.04 bits per heavy atom. The summed E-state index contributed by atoms with van der Waals surface area (Å²) in [6.07, 6.45) is 0.645. The standard InChI is InChI=1S/C21H17N3O3S/c25-19(10-11-20-23-21(24-27-20)15-12-13-28-14-15)22-16-6-8-18(9-7-16)26-17-4-2-1-3-5-17/h1-9,12-14H,10-11H2,(H,22,25). The van der Waals surface area contributed by atoms with Gasteiger partial charge in [-0.3, -0.25) is 4.79 Å². The number of carbonyl (C=O) groups is 1. The lowest BCUT2D eigenvalue weighted by atomic mass is 10.2. The zero-order valence-electron chi connectivity index (χ0n) is 14.9. The number of amides is 1. The van der Waals surface area contributed by atoms with Gasteiger partial charge in [-0.15, -0.1) is 0 Å². The molecule has 4 aromatic rings. The van der Waals surface area contributed by atoms with Crippen molar-refractivity contribution in [1.29, 1.82) is 0 Å². The Bertz CT molecular complexity index is 1030. The number of carbonyl (C=O) groups excluding carboxylic acids is 1. The molecule has 0 aliphatic heterocycles. The summed E-state index contributed by atoms with van der Waals surface area (Å²) in [5.74, 6) is 2.34. The maximum absolute atomic E-state index is 12.2. The molecule has 0 saturated heterocycles. The molecular weight excluding hydrogens is 374 g/mol. The molecule has 2 aromatic heterocycles. The summed E-state index contributed by atoms with van der Waals surface area (Å²) in [6, 6.07) is 18.7. The van der Waals surface area contributed by atoms with Crippen molar-refractivity contribution >= 4 is 22.9 Å². The van der Waals surface area contributed by atoms with E-state index in [1.54, 1.807) is 23.5 Å². The molecule has 0 radical (unpaired) electrons. The van der Waals surface area contributed by atoms with Crippen LogP contribution in [0.25, 0.3) is 11.4 Å². The van der Waals surface area contributed by atoms with Crippen LogP contribution in [0, 0.1) is 0 Å². The third-order valence-corrected chi connectivity index (χ3v) is 4.61. The van der Waals surface area contributed by atoms with Crippen LogP contribution in [0.2, 0.25) is 0 Å². The van der Waals surface area contributed by atoms with Gasteiger partial charge in [-0.05, 0) is 47.8 Å². The lowest BCUT2D eigenvalue weighted by Gasteiger charge is -2.07. The van der Waals surface area contributed by atoms with Crippen molar-refractivity contribution in [3.05, 3.63) is 77.3 Å². The average Bonchev–Trinajstić information content (AvgIpc) is 3.41. The number of benzene rings is 2. The predicted octanol–water partition coefficient (Wildman–Crippen LogP) is 5.16. The summed E-state index contributed by atoms with van der Waals surface area (Å²) in [5, 5.41) is 10.7. The first-order chi connectivity index (χ1) is 13.8. The molecule has 28 heavy (non-hydrogen) atoms. The Balaban J connectivity index is 1.28. The Hall–Kier alpha value is -3.45. The van der Waals surface area contributed by atoms with Gasteiger partial charge in [0.15, 0.2) is 0 Å². The smallest absolute Gasteiger partial charge is 0.227 e. The second-order valence-corrected chi connectivity index (χ2v) is 6.79. The first-order valence-electron chi connectivity index (χ1n) is 8.74. The van der Waals surface area contributed by atoms with E-state index in [4.69, 9.17) is 9.26 Å². The van der Waals surface area contributed by atoms with E-state index in [1.807, 2.05) is 59.3 Å². The summed E-state index contributed by atoms with van der Waals surface area (Å²) in [7, 11) is 0. The summed E-state index contributed by atoms with van der Waals surface area (Å²) in [4.78, 5) is 16.5. The maximum Gasteiger partial charge on any atom is 0.227 e. The summed E-state index contributed by atoms with van der Waals surface area (Å²) in [5.41, 5.74) is 1.62. The van der Waals surface area contributed by atoms with Crippen LogP contribution < -0.4 is 10.1 Å². The Kier molecular flexibility index (Phi) is 5.44. The van der Waals surface area contributed by atoms with Crippen molar-refractivity contribution < 1.29 is 14.1 Å². The summed E-state index contributed by atoms with van der Waals surface area (Å²) >= 11 is 1.57. The molecular formula is C21H17N3O3S. The second kappa shape index (κ2) is 8.49. The Labute approximate surface area is 165 Å². The quantitative estimate of drug-likeness (QED) is 0.471. The molecule has 1 amide bonds. The number of anilines is 1. The molecule has 4 rings (SSSR count). The lowest BCUT2D eigenvalue weighted by molar-refractivity contribution is -0.116. The number of ether oxygens (including phenoxy) is 1. The number of aromatic nitrogens is 2. The van der Waals surface area contributed by atoms with Gasteiger partial charge in [0, 0.05) is 29.5 Å². The largest absolute Gasteiger partial charge is 0.457 e. The topological polar surface area (TPSA) is 77.2 Å². The zero-order chi connectivity index (χ0) is 19.2. The monoisotopic (exact) mass is 391 g/mol. The van der Waals surface area contributed by atoms with Crippen LogP contribution in [0.3, 0.4) is 0 Å². The number of hydrogen-bond acceptors (Lipinski definition) is 6. The van der Waals surface area contributed by atoms with Crippen molar-refractivity contribution in [3.63, 3.8) is 0 Å². The fourth-order valence-electron chi connectivity index (χ4n) is 2.54. The molecule has 0 atom stereocenters. The number of thiophene rings is 1. The molecule has 2 aromatic carbocycles. The molecule has 0 aliphatic carbocycles. The fraction of sp³-hybridized carbons (Fsp3) is 0.0952. The second-order valence-electron chi connectivity index (χ2n) is 6.01. The van der Waals surface area contributed by atoms with Crippen LogP contribution >= 0.6 is 11.3 Å². The minimum Gasteiger partial charge on any atom is -0.457 e. The van der Waals surface area contributed by atoms with Crippen molar-refractivity contribution in [1.82, 2.24) is 10.1 Å². The molecule has 0 saturated carbocycles. The molecule has 6 nitrogen and oxygen atoms in total. The van der Waals surface area contributed by atoms with Gasteiger partial charge in [-0.25, -0.2) is 0 Å². The molecule has 0 fully saturated rings. The molecule has 140 valence electrons. The van der Waals surface area contributed by atoms with E-state index in [1.165, 1.54) is 0 Å². The highest BCUT2D eigenvalue weighted by atomic mass is 32.1. The number of aryl methyl sites for hydroxylation is 1. The van der Waals surface area contributed by atoms with Gasteiger partial charge in [0.1, 0.15) is 11.5 Å². The summed E-state index contributed by atoms with van der Waals surface area (Å²) < 4.78 is 10.9. The van der Waals surface area contributed by atoms with E-state index in [0.29, 0.717) is 29.6 Å². The number of nitrogens with zero attached hydrogens (tertiary/aromatic N) is 2.